The zero-order chi connectivity index (χ0) is 27.0. The van der Waals surface area contributed by atoms with Crippen LogP contribution in [-0.2, 0) is 6.54 Å². The minimum atomic E-state index is -0.433. The van der Waals surface area contributed by atoms with Crippen molar-refractivity contribution in [3.63, 3.8) is 0 Å². The maximum Gasteiger partial charge on any atom is 0.266 e. The van der Waals surface area contributed by atoms with Gasteiger partial charge in [-0.05, 0) is 68.0 Å². The van der Waals surface area contributed by atoms with Crippen molar-refractivity contribution in [2.75, 3.05) is 7.11 Å². The maximum absolute atomic E-state index is 14.7. The zero-order valence-electron chi connectivity index (χ0n) is 21.1. The number of halogens is 3. The molecule has 0 spiro atoms. The number of methoxy groups -OCH3 is 1. The summed E-state index contributed by atoms with van der Waals surface area (Å²) in [5.41, 5.74) is 9.12. The Balaban J connectivity index is 1.57. The molecule has 0 radical (unpaired) electrons. The summed E-state index contributed by atoms with van der Waals surface area (Å²) in [6, 6.07) is 10.0. The standard InChI is InChI=1S/C29H28ClF2N3O2S/c1-16-3-9-23(32)27-25(16)26(30)28(38-27)29(36)35(22-7-5-21(33)6-8-22)15-19-11-17(4-10-24(19)37-2)18-12-20(31)14-34-13-18/h3-4,9-14,21-22H,5-8,15,33H2,1-2H3/t21-,22-. The number of hydrogen-bond donors (Lipinski definition) is 1. The van der Waals surface area contributed by atoms with E-state index in [1.54, 1.807) is 30.3 Å². The molecule has 9 heteroatoms. The van der Waals surface area contributed by atoms with E-state index in [2.05, 4.69) is 4.98 Å². The van der Waals surface area contributed by atoms with Gasteiger partial charge in [-0.15, -0.1) is 11.3 Å². The van der Waals surface area contributed by atoms with Crippen molar-refractivity contribution in [1.82, 2.24) is 9.88 Å². The second-order valence-corrected chi connectivity index (χ2v) is 11.1. The Hall–Kier alpha value is -3.07. The lowest BCUT2D eigenvalue weighted by Gasteiger charge is -2.36. The molecule has 0 saturated heterocycles. The van der Waals surface area contributed by atoms with Gasteiger partial charge < -0.3 is 15.4 Å². The normalized spacial score (nSPS) is 17.5. The number of ether oxygens (including phenoxy) is 1. The van der Waals surface area contributed by atoms with Crippen LogP contribution < -0.4 is 10.5 Å². The Morgan fingerprint density at radius 2 is 1.89 bits per heavy atom. The fraction of sp³-hybridized carbons (Fsp3) is 0.310. The number of pyridine rings is 1. The predicted molar refractivity (Wildman–Crippen MR) is 148 cm³/mol. The summed E-state index contributed by atoms with van der Waals surface area (Å²) >= 11 is 7.81. The zero-order valence-corrected chi connectivity index (χ0v) is 22.7. The van der Waals surface area contributed by atoms with Gasteiger partial charge in [-0.2, -0.15) is 0 Å². The van der Waals surface area contributed by atoms with Crippen LogP contribution in [0, 0.1) is 18.6 Å². The number of aromatic nitrogens is 1. The van der Waals surface area contributed by atoms with E-state index in [4.69, 9.17) is 22.1 Å². The Morgan fingerprint density at radius 1 is 1.13 bits per heavy atom. The molecule has 1 aliphatic carbocycles. The second kappa shape index (κ2) is 11.0. The Morgan fingerprint density at radius 3 is 2.58 bits per heavy atom. The predicted octanol–water partition coefficient (Wildman–Crippen LogP) is 7.12. The van der Waals surface area contributed by atoms with Gasteiger partial charge in [0.05, 0.1) is 23.0 Å². The first-order valence-corrected chi connectivity index (χ1v) is 13.7. The molecular formula is C29H28ClF2N3O2S. The minimum Gasteiger partial charge on any atom is -0.496 e. The maximum atomic E-state index is 14.7. The fourth-order valence-electron chi connectivity index (χ4n) is 5.17. The van der Waals surface area contributed by atoms with Gasteiger partial charge in [0.25, 0.3) is 5.91 Å². The molecule has 2 N–H and O–H groups in total. The highest BCUT2D eigenvalue weighted by molar-refractivity contribution is 7.21. The van der Waals surface area contributed by atoms with Gasteiger partial charge in [0.2, 0.25) is 0 Å². The van der Waals surface area contributed by atoms with Gasteiger partial charge >= 0.3 is 0 Å². The summed E-state index contributed by atoms with van der Waals surface area (Å²) in [5.74, 6) is -0.481. The van der Waals surface area contributed by atoms with E-state index in [0.717, 1.165) is 59.9 Å². The molecule has 0 bridgehead atoms. The van der Waals surface area contributed by atoms with E-state index in [0.29, 0.717) is 26.3 Å². The van der Waals surface area contributed by atoms with Crippen LogP contribution in [0.2, 0.25) is 5.02 Å². The van der Waals surface area contributed by atoms with Crippen LogP contribution in [0.25, 0.3) is 21.2 Å². The molecule has 38 heavy (non-hydrogen) atoms. The largest absolute Gasteiger partial charge is 0.496 e. The molecule has 2 aromatic carbocycles. The van der Waals surface area contributed by atoms with Crippen molar-refractivity contribution < 1.29 is 18.3 Å². The van der Waals surface area contributed by atoms with Gasteiger partial charge in [-0.25, -0.2) is 8.78 Å². The Labute approximate surface area is 229 Å². The van der Waals surface area contributed by atoms with Crippen molar-refractivity contribution in [2.24, 2.45) is 5.73 Å². The highest BCUT2D eigenvalue weighted by atomic mass is 35.5. The fourth-order valence-corrected chi connectivity index (χ4v) is 6.80. The number of fused-ring (bicyclic) bond motifs is 1. The number of carbonyl (C=O) groups is 1. The lowest BCUT2D eigenvalue weighted by molar-refractivity contribution is 0.0610. The third kappa shape index (κ3) is 5.13. The van der Waals surface area contributed by atoms with Crippen LogP contribution in [0.4, 0.5) is 8.78 Å². The van der Waals surface area contributed by atoms with Crippen LogP contribution in [-0.4, -0.2) is 35.0 Å². The first-order valence-electron chi connectivity index (χ1n) is 12.5. The van der Waals surface area contributed by atoms with E-state index in [1.807, 2.05) is 19.1 Å². The summed E-state index contributed by atoms with van der Waals surface area (Å²) in [6.45, 7) is 2.09. The number of rotatable bonds is 6. The van der Waals surface area contributed by atoms with Crippen LogP contribution >= 0.6 is 22.9 Å². The summed E-state index contributed by atoms with van der Waals surface area (Å²) in [5, 5.41) is 0.847. The molecule has 2 heterocycles. The molecule has 0 aliphatic heterocycles. The van der Waals surface area contributed by atoms with Gasteiger partial charge in [0, 0.05) is 41.3 Å². The van der Waals surface area contributed by atoms with E-state index in [1.165, 1.54) is 12.1 Å². The number of thiophene rings is 1. The van der Waals surface area contributed by atoms with Gasteiger partial charge in [-0.3, -0.25) is 9.78 Å². The number of nitrogens with zero attached hydrogens (tertiary/aromatic N) is 2. The number of carbonyl (C=O) groups excluding carboxylic acids is 1. The van der Waals surface area contributed by atoms with Crippen molar-refractivity contribution in [2.45, 2.75) is 51.2 Å². The molecule has 1 amide bonds. The Bertz CT molecular complexity index is 1500. The molecule has 5 rings (SSSR count). The third-order valence-electron chi connectivity index (χ3n) is 7.24. The summed E-state index contributed by atoms with van der Waals surface area (Å²) in [7, 11) is 1.57. The van der Waals surface area contributed by atoms with E-state index in [9.17, 15) is 13.6 Å². The van der Waals surface area contributed by atoms with Gasteiger partial charge in [0.15, 0.2) is 0 Å². The first-order chi connectivity index (χ1) is 18.3. The van der Waals surface area contributed by atoms with Gasteiger partial charge in [-0.1, -0.05) is 23.7 Å². The van der Waals surface area contributed by atoms with Crippen molar-refractivity contribution in [1.29, 1.82) is 0 Å². The highest BCUT2D eigenvalue weighted by Gasteiger charge is 2.32. The molecule has 1 saturated carbocycles. The topological polar surface area (TPSA) is 68.5 Å². The summed E-state index contributed by atoms with van der Waals surface area (Å²) in [4.78, 5) is 20.2. The first kappa shape index (κ1) is 26.5. The van der Waals surface area contributed by atoms with E-state index in [-0.39, 0.29) is 29.6 Å². The molecular weight excluding hydrogens is 528 g/mol. The number of aryl methyl sites for hydroxylation is 1. The number of benzene rings is 2. The van der Waals surface area contributed by atoms with Crippen LogP contribution in [0.1, 0.15) is 46.5 Å². The lowest BCUT2D eigenvalue weighted by Crippen LogP contribution is -2.43. The smallest absolute Gasteiger partial charge is 0.266 e. The van der Waals surface area contributed by atoms with E-state index >= 15 is 0 Å². The average molecular weight is 556 g/mol. The molecule has 0 atom stereocenters. The van der Waals surface area contributed by atoms with Crippen LogP contribution in [0.5, 0.6) is 5.75 Å². The van der Waals surface area contributed by atoms with Crippen molar-refractivity contribution in [3.8, 4) is 16.9 Å². The van der Waals surface area contributed by atoms with Crippen LogP contribution in [0.3, 0.4) is 0 Å². The monoisotopic (exact) mass is 555 g/mol. The SMILES string of the molecule is COc1ccc(-c2cncc(F)c2)cc1CN(C(=O)c1sc2c(F)ccc(C)c2c1Cl)[C@H]1CC[C@H](N)CC1. The van der Waals surface area contributed by atoms with Crippen molar-refractivity contribution >= 4 is 38.9 Å². The lowest BCUT2D eigenvalue weighted by atomic mass is 9.90. The second-order valence-electron chi connectivity index (χ2n) is 9.73. The van der Waals surface area contributed by atoms with Gasteiger partial charge in [0.1, 0.15) is 22.3 Å². The van der Waals surface area contributed by atoms with Crippen molar-refractivity contribution in [3.05, 3.63) is 81.5 Å². The highest BCUT2D eigenvalue weighted by Crippen LogP contribution is 2.41. The molecule has 198 valence electrons. The number of amides is 1. The molecule has 0 unspecified atom stereocenters. The average Bonchev–Trinajstić information content (AvgIpc) is 3.28. The molecule has 5 nitrogen and oxygen atoms in total. The van der Waals surface area contributed by atoms with E-state index < -0.39 is 11.6 Å². The summed E-state index contributed by atoms with van der Waals surface area (Å²) in [6.07, 6.45) is 5.84. The molecule has 4 aromatic rings. The molecule has 1 fully saturated rings. The third-order valence-corrected chi connectivity index (χ3v) is 8.91. The van der Waals surface area contributed by atoms with Crippen LogP contribution in [0.15, 0.2) is 48.8 Å². The minimum absolute atomic E-state index is 0.0706. The Kier molecular flexibility index (Phi) is 7.66. The number of nitrogens with two attached hydrogens (primary N) is 1. The molecule has 1 aliphatic rings. The molecule has 2 aromatic heterocycles. The quantitative estimate of drug-likeness (QED) is 0.275. The number of hydrogen-bond acceptors (Lipinski definition) is 5. The summed E-state index contributed by atoms with van der Waals surface area (Å²) < 4.78 is 34.5.